The van der Waals surface area contributed by atoms with E-state index in [2.05, 4.69) is 17.0 Å². The third kappa shape index (κ3) is 2.65. The Bertz CT molecular complexity index is 269. The number of alkyl carbamates (subject to hydrolysis) is 1. The van der Waals surface area contributed by atoms with Crippen molar-refractivity contribution in [1.29, 1.82) is 0 Å². The highest BCUT2D eigenvalue weighted by molar-refractivity contribution is 5.84. The van der Waals surface area contributed by atoms with Crippen LogP contribution in [0.3, 0.4) is 0 Å². The van der Waals surface area contributed by atoms with Gasteiger partial charge in [-0.15, -0.1) is 0 Å². The minimum Gasteiger partial charge on any atom is -0.480 e. The van der Waals surface area contributed by atoms with Crippen molar-refractivity contribution >= 4 is 12.1 Å². The van der Waals surface area contributed by atoms with Crippen LogP contribution < -0.4 is 5.32 Å². The second-order valence-corrected chi connectivity index (χ2v) is 4.36. The van der Waals surface area contributed by atoms with Crippen molar-refractivity contribution in [2.45, 2.75) is 44.6 Å². The quantitative estimate of drug-likeness (QED) is 0.773. The highest BCUT2D eigenvalue weighted by Gasteiger charge is 2.43. The number of hydrogen-bond donors (Lipinski definition) is 2. The average molecular weight is 229 g/mol. The number of carbonyl (C=O) groups excluding carboxylic acids is 1. The number of nitrogens with one attached hydrogen (secondary N) is 1. The van der Waals surface area contributed by atoms with Gasteiger partial charge < -0.3 is 15.2 Å². The Morgan fingerprint density at radius 2 is 2.00 bits per heavy atom. The molecule has 1 amide bonds. The zero-order chi connectivity index (χ0) is 12.2. The van der Waals surface area contributed by atoms with Gasteiger partial charge in [0.2, 0.25) is 0 Å². The van der Waals surface area contributed by atoms with E-state index < -0.39 is 17.6 Å². The number of aliphatic carboxylic acids is 1. The van der Waals surface area contributed by atoms with Crippen LogP contribution in [-0.4, -0.2) is 29.8 Å². The van der Waals surface area contributed by atoms with Gasteiger partial charge in [-0.3, -0.25) is 0 Å². The molecule has 0 aliphatic heterocycles. The number of methoxy groups -OCH3 is 1. The molecule has 5 nitrogen and oxygen atoms in total. The van der Waals surface area contributed by atoms with Crippen molar-refractivity contribution < 1.29 is 19.4 Å². The molecule has 92 valence electrons. The van der Waals surface area contributed by atoms with Gasteiger partial charge in [0.05, 0.1) is 7.11 Å². The first-order chi connectivity index (χ1) is 7.54. The molecule has 0 aromatic carbocycles. The standard InChI is InChI=1S/C11H19NO4/c1-3-8-4-6-11(7-5-8,9(13)14)12-10(15)16-2/h8H,3-7H2,1-2H3,(H,12,15)(H,13,14). The van der Waals surface area contributed by atoms with Crippen LogP contribution in [0.4, 0.5) is 4.79 Å². The first kappa shape index (κ1) is 12.8. The lowest BCUT2D eigenvalue weighted by atomic mass is 9.75. The van der Waals surface area contributed by atoms with Crippen LogP contribution in [0.25, 0.3) is 0 Å². The molecule has 0 bridgehead atoms. The van der Waals surface area contributed by atoms with E-state index in [1.807, 2.05) is 0 Å². The zero-order valence-corrected chi connectivity index (χ0v) is 9.78. The van der Waals surface area contributed by atoms with E-state index in [0.29, 0.717) is 18.8 Å². The number of carbonyl (C=O) groups is 2. The van der Waals surface area contributed by atoms with Crippen LogP contribution in [0.5, 0.6) is 0 Å². The molecule has 1 aliphatic rings. The minimum atomic E-state index is -1.13. The Kier molecular flexibility index (Phi) is 4.15. The van der Waals surface area contributed by atoms with Gasteiger partial charge in [0.25, 0.3) is 0 Å². The molecule has 0 spiro atoms. The average Bonchev–Trinajstić information content (AvgIpc) is 2.29. The van der Waals surface area contributed by atoms with Crippen molar-refractivity contribution in [2.24, 2.45) is 5.92 Å². The molecular formula is C11H19NO4. The molecule has 0 aromatic heterocycles. The highest BCUT2D eigenvalue weighted by Crippen LogP contribution is 2.34. The van der Waals surface area contributed by atoms with Gasteiger partial charge in [-0.05, 0) is 31.6 Å². The SMILES string of the molecule is CCC1CCC(NC(=O)OC)(C(=O)O)CC1. The summed E-state index contributed by atoms with van der Waals surface area (Å²) < 4.78 is 4.47. The molecule has 0 saturated heterocycles. The van der Waals surface area contributed by atoms with E-state index in [1.54, 1.807) is 0 Å². The van der Waals surface area contributed by atoms with Crippen molar-refractivity contribution in [3.8, 4) is 0 Å². The first-order valence-electron chi connectivity index (χ1n) is 5.63. The van der Waals surface area contributed by atoms with E-state index in [9.17, 15) is 14.7 Å². The molecule has 1 fully saturated rings. The Hall–Kier alpha value is -1.26. The number of rotatable bonds is 3. The minimum absolute atomic E-state index is 0.482. The molecule has 0 atom stereocenters. The summed E-state index contributed by atoms with van der Waals surface area (Å²) in [6, 6.07) is 0. The summed E-state index contributed by atoms with van der Waals surface area (Å²) in [4.78, 5) is 22.4. The maximum Gasteiger partial charge on any atom is 0.407 e. The molecule has 0 heterocycles. The van der Waals surface area contributed by atoms with Gasteiger partial charge in [-0.1, -0.05) is 13.3 Å². The van der Waals surface area contributed by atoms with Gasteiger partial charge in [0.1, 0.15) is 5.54 Å². The lowest BCUT2D eigenvalue weighted by molar-refractivity contribution is -0.146. The van der Waals surface area contributed by atoms with Crippen LogP contribution in [0.1, 0.15) is 39.0 Å². The van der Waals surface area contributed by atoms with Crippen molar-refractivity contribution in [3.05, 3.63) is 0 Å². The second kappa shape index (κ2) is 5.18. The van der Waals surface area contributed by atoms with Crippen LogP contribution in [0.15, 0.2) is 0 Å². The zero-order valence-electron chi connectivity index (χ0n) is 9.78. The summed E-state index contributed by atoms with van der Waals surface area (Å²) in [7, 11) is 1.24. The summed E-state index contributed by atoms with van der Waals surface area (Å²) >= 11 is 0. The molecule has 0 aromatic rings. The lowest BCUT2D eigenvalue weighted by Gasteiger charge is -2.36. The largest absolute Gasteiger partial charge is 0.480 e. The number of carboxylic acid groups (broad SMARTS) is 1. The maximum absolute atomic E-state index is 11.3. The summed E-state index contributed by atoms with van der Waals surface area (Å²) in [5, 5.41) is 11.7. The number of ether oxygens (including phenoxy) is 1. The number of carboxylic acids is 1. The summed E-state index contributed by atoms with van der Waals surface area (Å²) in [5.41, 5.74) is -1.13. The Labute approximate surface area is 95.2 Å². The van der Waals surface area contributed by atoms with Gasteiger partial charge in [-0.25, -0.2) is 9.59 Å². The molecular weight excluding hydrogens is 210 g/mol. The molecule has 16 heavy (non-hydrogen) atoms. The van der Waals surface area contributed by atoms with E-state index in [4.69, 9.17) is 0 Å². The van der Waals surface area contributed by atoms with Gasteiger partial charge >= 0.3 is 12.1 Å². The topological polar surface area (TPSA) is 75.6 Å². The predicted molar refractivity (Wildman–Crippen MR) is 58.2 cm³/mol. The molecule has 1 aliphatic carbocycles. The van der Waals surface area contributed by atoms with Crippen LogP contribution in [0, 0.1) is 5.92 Å². The molecule has 1 saturated carbocycles. The van der Waals surface area contributed by atoms with Crippen LogP contribution in [0.2, 0.25) is 0 Å². The summed E-state index contributed by atoms with van der Waals surface area (Å²) in [6.07, 6.45) is 3.04. The Morgan fingerprint density at radius 1 is 1.44 bits per heavy atom. The van der Waals surface area contributed by atoms with Gasteiger partial charge in [0.15, 0.2) is 0 Å². The monoisotopic (exact) mass is 229 g/mol. The van der Waals surface area contributed by atoms with Crippen molar-refractivity contribution in [3.63, 3.8) is 0 Å². The van der Waals surface area contributed by atoms with Crippen LogP contribution in [-0.2, 0) is 9.53 Å². The third-order valence-electron chi connectivity index (χ3n) is 3.47. The highest BCUT2D eigenvalue weighted by atomic mass is 16.5. The first-order valence-corrected chi connectivity index (χ1v) is 5.63. The molecule has 0 radical (unpaired) electrons. The second-order valence-electron chi connectivity index (χ2n) is 4.36. The smallest absolute Gasteiger partial charge is 0.407 e. The molecule has 0 unspecified atom stereocenters. The van der Waals surface area contributed by atoms with Gasteiger partial charge in [0, 0.05) is 0 Å². The van der Waals surface area contributed by atoms with E-state index in [1.165, 1.54) is 7.11 Å². The Morgan fingerprint density at radius 3 is 2.38 bits per heavy atom. The maximum atomic E-state index is 11.3. The molecule has 2 N–H and O–H groups in total. The number of hydrogen-bond acceptors (Lipinski definition) is 3. The molecule has 1 rings (SSSR count). The normalized spacial score (nSPS) is 29.5. The lowest BCUT2D eigenvalue weighted by Crippen LogP contribution is -2.56. The van der Waals surface area contributed by atoms with Crippen LogP contribution >= 0.6 is 0 Å². The predicted octanol–water partition coefficient (Wildman–Crippen LogP) is 1.77. The van der Waals surface area contributed by atoms with E-state index >= 15 is 0 Å². The van der Waals surface area contributed by atoms with Crippen molar-refractivity contribution in [2.75, 3.05) is 7.11 Å². The fourth-order valence-corrected chi connectivity index (χ4v) is 2.22. The van der Waals surface area contributed by atoms with E-state index in [0.717, 1.165) is 19.3 Å². The fraction of sp³-hybridized carbons (Fsp3) is 0.818. The number of amides is 1. The summed E-state index contributed by atoms with van der Waals surface area (Å²) in [5.74, 6) is -0.389. The van der Waals surface area contributed by atoms with E-state index in [-0.39, 0.29) is 0 Å². The van der Waals surface area contributed by atoms with Crippen molar-refractivity contribution in [1.82, 2.24) is 5.32 Å². The Balaban J connectivity index is 2.68. The summed E-state index contributed by atoms with van der Waals surface area (Å²) in [6.45, 7) is 2.10. The molecule has 5 heteroatoms. The fourth-order valence-electron chi connectivity index (χ4n) is 2.22. The third-order valence-corrected chi connectivity index (χ3v) is 3.47. The van der Waals surface area contributed by atoms with Gasteiger partial charge in [-0.2, -0.15) is 0 Å².